The number of ketones is 1. The van der Waals surface area contributed by atoms with Crippen molar-refractivity contribution >= 4 is 5.78 Å². The lowest BCUT2D eigenvalue weighted by Crippen LogP contribution is -2.15. The minimum atomic E-state index is -0.902. The van der Waals surface area contributed by atoms with Crippen molar-refractivity contribution in [1.82, 2.24) is 9.78 Å². The van der Waals surface area contributed by atoms with Crippen molar-refractivity contribution in [1.29, 1.82) is 0 Å². The number of hydrogen-bond donors (Lipinski definition) is 0. The summed E-state index contributed by atoms with van der Waals surface area (Å²) in [6.07, 6.45) is 2.09. The number of carbonyl (C=O) groups excluding carboxylic acids is 1. The fourth-order valence-corrected chi connectivity index (χ4v) is 1.96. The van der Waals surface area contributed by atoms with Crippen LogP contribution in [0, 0.1) is 11.6 Å². The Morgan fingerprint density at radius 1 is 1.35 bits per heavy atom. The maximum Gasteiger partial charge on any atom is 0.220 e. The third-order valence-corrected chi connectivity index (χ3v) is 2.87. The fourth-order valence-electron chi connectivity index (χ4n) is 1.96. The Kier molecular flexibility index (Phi) is 4.12. The predicted octanol–water partition coefficient (Wildman–Crippen LogP) is 2.81. The molecule has 0 unspecified atom stereocenters. The first kappa shape index (κ1) is 14.2. The van der Waals surface area contributed by atoms with Gasteiger partial charge >= 0.3 is 0 Å². The Labute approximate surface area is 115 Å². The largest absolute Gasteiger partial charge is 0.493 e. The van der Waals surface area contributed by atoms with E-state index in [0.29, 0.717) is 6.54 Å². The number of ether oxygens (including phenoxy) is 1. The van der Waals surface area contributed by atoms with Gasteiger partial charge in [-0.1, -0.05) is 13.0 Å². The predicted molar refractivity (Wildman–Crippen MR) is 68.9 cm³/mol. The lowest BCUT2D eigenvalue weighted by Gasteiger charge is -2.08. The molecule has 2 rings (SSSR count). The van der Waals surface area contributed by atoms with E-state index in [1.807, 2.05) is 6.92 Å². The fraction of sp³-hybridized carbons (Fsp3) is 0.286. The molecule has 0 amide bonds. The summed E-state index contributed by atoms with van der Waals surface area (Å²) in [7, 11) is 1.38. The van der Waals surface area contributed by atoms with Crippen LogP contribution in [0.5, 0.6) is 5.75 Å². The Morgan fingerprint density at radius 3 is 2.55 bits per heavy atom. The van der Waals surface area contributed by atoms with Crippen molar-refractivity contribution in [3.8, 4) is 5.75 Å². The molecular weight excluding hydrogens is 266 g/mol. The van der Waals surface area contributed by atoms with Gasteiger partial charge in [-0.2, -0.15) is 5.10 Å². The summed E-state index contributed by atoms with van der Waals surface area (Å²) in [6.45, 7) is 2.37. The van der Waals surface area contributed by atoms with Gasteiger partial charge < -0.3 is 4.74 Å². The van der Waals surface area contributed by atoms with E-state index in [2.05, 4.69) is 5.10 Å². The van der Waals surface area contributed by atoms with Gasteiger partial charge in [-0.3, -0.25) is 9.48 Å². The highest BCUT2D eigenvalue weighted by molar-refractivity contribution is 6.09. The molecule has 0 fully saturated rings. The zero-order valence-electron chi connectivity index (χ0n) is 11.2. The highest BCUT2D eigenvalue weighted by atomic mass is 19.1. The molecule has 0 spiro atoms. The molecule has 4 nitrogen and oxygen atoms in total. The van der Waals surface area contributed by atoms with Crippen LogP contribution < -0.4 is 4.74 Å². The van der Waals surface area contributed by atoms with E-state index in [9.17, 15) is 13.6 Å². The summed E-state index contributed by atoms with van der Waals surface area (Å²) in [5, 5.41) is 4.01. The summed E-state index contributed by atoms with van der Waals surface area (Å²) in [6, 6.07) is 3.30. The summed E-state index contributed by atoms with van der Waals surface area (Å²) >= 11 is 0. The van der Waals surface area contributed by atoms with E-state index >= 15 is 0 Å². The summed E-state index contributed by atoms with van der Waals surface area (Å²) < 4.78 is 33.9. The van der Waals surface area contributed by atoms with Crippen LogP contribution in [0.25, 0.3) is 0 Å². The Hall–Kier alpha value is -2.24. The second-order valence-corrected chi connectivity index (χ2v) is 4.21. The van der Waals surface area contributed by atoms with Gasteiger partial charge in [-0.05, 0) is 18.6 Å². The average molecular weight is 280 g/mol. The van der Waals surface area contributed by atoms with Crippen LogP contribution in [0.3, 0.4) is 0 Å². The van der Waals surface area contributed by atoms with Crippen LogP contribution >= 0.6 is 0 Å². The zero-order chi connectivity index (χ0) is 14.7. The van der Waals surface area contributed by atoms with E-state index in [4.69, 9.17) is 4.74 Å². The van der Waals surface area contributed by atoms with Gasteiger partial charge in [0.1, 0.15) is 11.6 Å². The van der Waals surface area contributed by atoms with E-state index in [1.54, 1.807) is 0 Å². The molecule has 6 heteroatoms. The minimum Gasteiger partial charge on any atom is -0.493 e. The van der Waals surface area contributed by atoms with Crippen LogP contribution in [0.2, 0.25) is 0 Å². The number of carbonyl (C=O) groups is 1. The molecule has 0 aliphatic rings. The summed E-state index contributed by atoms with van der Waals surface area (Å²) in [5.41, 5.74) is -0.540. The first-order chi connectivity index (χ1) is 9.60. The minimum absolute atomic E-state index is 0.0540. The maximum absolute atomic E-state index is 13.7. The Bertz CT molecular complexity index is 618. The lowest BCUT2D eigenvalue weighted by molar-refractivity contribution is 0.101. The van der Waals surface area contributed by atoms with Crippen molar-refractivity contribution in [3.05, 3.63) is 47.3 Å². The summed E-state index contributed by atoms with van der Waals surface area (Å²) in [5.74, 6) is -2.38. The molecule has 1 aromatic carbocycles. The van der Waals surface area contributed by atoms with Crippen LogP contribution in [-0.2, 0) is 6.54 Å². The monoisotopic (exact) mass is 280 g/mol. The van der Waals surface area contributed by atoms with Crippen LogP contribution in [-0.4, -0.2) is 22.7 Å². The van der Waals surface area contributed by atoms with Crippen molar-refractivity contribution in [2.24, 2.45) is 0 Å². The first-order valence-corrected chi connectivity index (χ1v) is 6.18. The van der Waals surface area contributed by atoms with Gasteiger partial charge in [-0.25, -0.2) is 8.78 Å². The number of aromatic nitrogens is 2. The topological polar surface area (TPSA) is 44.1 Å². The molecule has 2 aromatic rings. The number of halogens is 2. The first-order valence-electron chi connectivity index (χ1n) is 6.18. The molecule has 0 aliphatic carbocycles. The molecule has 0 saturated heterocycles. The number of nitrogens with zero attached hydrogens (tertiary/aromatic N) is 2. The quantitative estimate of drug-likeness (QED) is 0.791. The lowest BCUT2D eigenvalue weighted by atomic mass is 10.1. The van der Waals surface area contributed by atoms with Crippen molar-refractivity contribution < 1.29 is 18.3 Å². The molecule has 20 heavy (non-hydrogen) atoms. The highest BCUT2D eigenvalue weighted by Crippen LogP contribution is 2.24. The van der Waals surface area contributed by atoms with Gasteiger partial charge in [0.05, 0.1) is 18.9 Å². The van der Waals surface area contributed by atoms with E-state index in [1.165, 1.54) is 24.1 Å². The molecule has 0 bridgehead atoms. The molecule has 0 saturated carbocycles. The SMILES string of the molecule is CCCn1ncc(OC)c1C(=O)c1c(F)cccc1F. The van der Waals surface area contributed by atoms with E-state index in [0.717, 1.165) is 18.6 Å². The van der Waals surface area contributed by atoms with Crippen LogP contribution in [0.1, 0.15) is 29.4 Å². The van der Waals surface area contributed by atoms with Gasteiger partial charge in [0.2, 0.25) is 5.78 Å². The molecule has 0 N–H and O–H groups in total. The number of aryl methyl sites for hydroxylation is 1. The number of methoxy groups -OCH3 is 1. The van der Waals surface area contributed by atoms with Gasteiger partial charge in [0.25, 0.3) is 0 Å². The molecule has 1 aromatic heterocycles. The Morgan fingerprint density at radius 2 is 2.00 bits per heavy atom. The second-order valence-electron chi connectivity index (χ2n) is 4.21. The molecule has 0 aliphatic heterocycles. The maximum atomic E-state index is 13.7. The van der Waals surface area contributed by atoms with Gasteiger partial charge in [0, 0.05) is 6.54 Å². The van der Waals surface area contributed by atoms with Crippen molar-refractivity contribution in [2.75, 3.05) is 7.11 Å². The number of rotatable bonds is 5. The zero-order valence-corrected chi connectivity index (χ0v) is 11.2. The molecule has 106 valence electrons. The highest BCUT2D eigenvalue weighted by Gasteiger charge is 2.25. The number of hydrogen-bond acceptors (Lipinski definition) is 3. The van der Waals surface area contributed by atoms with E-state index < -0.39 is 23.0 Å². The van der Waals surface area contributed by atoms with Gasteiger partial charge in [-0.15, -0.1) is 0 Å². The molecule has 1 heterocycles. The average Bonchev–Trinajstić information content (AvgIpc) is 2.81. The third kappa shape index (κ3) is 2.41. The van der Waals surface area contributed by atoms with Gasteiger partial charge in [0.15, 0.2) is 11.4 Å². The smallest absolute Gasteiger partial charge is 0.220 e. The second kappa shape index (κ2) is 5.81. The van der Waals surface area contributed by atoms with Crippen molar-refractivity contribution in [2.45, 2.75) is 19.9 Å². The summed E-state index contributed by atoms with van der Waals surface area (Å²) in [4.78, 5) is 12.4. The molecule has 0 atom stereocenters. The number of benzene rings is 1. The molecular formula is C14H14F2N2O2. The van der Waals surface area contributed by atoms with Crippen LogP contribution in [0.4, 0.5) is 8.78 Å². The molecule has 0 radical (unpaired) electrons. The van der Waals surface area contributed by atoms with E-state index in [-0.39, 0.29) is 11.4 Å². The normalized spacial score (nSPS) is 10.6. The van der Waals surface area contributed by atoms with Crippen LogP contribution in [0.15, 0.2) is 24.4 Å². The Balaban J connectivity index is 2.55. The standard InChI is InChI=1S/C14H14F2N2O2/c1-3-7-18-13(11(20-2)8-17-18)14(19)12-9(15)5-4-6-10(12)16/h4-6,8H,3,7H2,1-2H3. The van der Waals surface area contributed by atoms with Crippen molar-refractivity contribution in [3.63, 3.8) is 0 Å². The third-order valence-electron chi connectivity index (χ3n) is 2.87.